The first-order valence-electron chi connectivity index (χ1n) is 7.76. The van der Waals surface area contributed by atoms with Gasteiger partial charge in [0.1, 0.15) is 11.6 Å². The molecule has 6 nitrogen and oxygen atoms in total. The van der Waals surface area contributed by atoms with E-state index in [4.69, 9.17) is 5.73 Å². The van der Waals surface area contributed by atoms with Gasteiger partial charge in [-0.25, -0.2) is 4.39 Å². The van der Waals surface area contributed by atoms with Crippen molar-refractivity contribution in [3.05, 3.63) is 35.9 Å². The van der Waals surface area contributed by atoms with Crippen LogP contribution in [0.5, 0.6) is 0 Å². The Morgan fingerprint density at radius 1 is 1.38 bits per heavy atom. The van der Waals surface area contributed by atoms with Gasteiger partial charge in [-0.15, -0.1) is 10.2 Å². The Hall–Kier alpha value is -1.93. The summed E-state index contributed by atoms with van der Waals surface area (Å²) in [5, 5.41) is 8.49. The van der Waals surface area contributed by atoms with Gasteiger partial charge in [0.15, 0.2) is 5.16 Å². The van der Waals surface area contributed by atoms with Gasteiger partial charge in [-0.1, -0.05) is 30.8 Å². The maximum Gasteiger partial charge on any atom is 0.235 e. The Bertz CT molecular complexity index is 704. The second-order valence-corrected chi connectivity index (χ2v) is 6.64. The van der Waals surface area contributed by atoms with Gasteiger partial charge >= 0.3 is 0 Å². The van der Waals surface area contributed by atoms with Gasteiger partial charge in [-0.3, -0.25) is 9.36 Å². The highest BCUT2D eigenvalue weighted by Gasteiger charge is 2.25. The van der Waals surface area contributed by atoms with Crippen LogP contribution in [-0.4, -0.2) is 51.5 Å². The monoisotopic (exact) mass is 351 g/mol. The number of thioether (sulfide) groups is 1. The van der Waals surface area contributed by atoms with Crippen molar-refractivity contribution in [2.45, 2.75) is 30.2 Å². The van der Waals surface area contributed by atoms with Crippen LogP contribution in [0.2, 0.25) is 0 Å². The zero-order valence-corrected chi connectivity index (χ0v) is 14.9. The predicted octanol–water partition coefficient (Wildman–Crippen LogP) is 1.87. The van der Waals surface area contributed by atoms with Crippen molar-refractivity contribution in [3.8, 4) is 5.69 Å². The lowest BCUT2D eigenvalue weighted by atomic mass is 10.3. The van der Waals surface area contributed by atoms with Crippen molar-refractivity contribution in [3.63, 3.8) is 0 Å². The Labute approximate surface area is 145 Å². The molecule has 1 atom stereocenters. The fourth-order valence-corrected chi connectivity index (χ4v) is 3.40. The van der Waals surface area contributed by atoms with Gasteiger partial charge in [0, 0.05) is 20.5 Å². The number of hydrogen-bond donors (Lipinski definition) is 1. The van der Waals surface area contributed by atoms with Crippen molar-refractivity contribution < 1.29 is 9.18 Å². The molecule has 8 heteroatoms. The van der Waals surface area contributed by atoms with Crippen molar-refractivity contribution in [2.75, 3.05) is 20.6 Å². The molecule has 0 spiro atoms. The summed E-state index contributed by atoms with van der Waals surface area (Å²) in [6.07, 6.45) is 1.11. The molecule has 0 saturated heterocycles. The molecule has 0 aliphatic carbocycles. The number of carbonyl (C=O) groups is 1. The topological polar surface area (TPSA) is 77.0 Å². The number of nitrogens with two attached hydrogens (primary N) is 1. The van der Waals surface area contributed by atoms with E-state index in [-0.39, 0.29) is 17.0 Å². The lowest BCUT2D eigenvalue weighted by molar-refractivity contribution is -0.128. The SMILES string of the molecule is CC[C@@H](Sc1nnc(CCN)n1-c1ccccc1F)C(=O)N(C)C. The summed E-state index contributed by atoms with van der Waals surface area (Å²) in [4.78, 5) is 13.8. The minimum absolute atomic E-state index is 0.00837. The first-order valence-corrected chi connectivity index (χ1v) is 8.64. The number of halogens is 1. The molecule has 1 aromatic heterocycles. The molecule has 0 saturated carbocycles. The summed E-state index contributed by atoms with van der Waals surface area (Å²) < 4.78 is 15.9. The molecular formula is C16H22FN5OS. The first-order chi connectivity index (χ1) is 11.5. The standard InChI is InChI=1S/C16H22FN5OS/c1-4-13(15(23)21(2)3)24-16-20-19-14(9-10-18)22(16)12-8-6-5-7-11(12)17/h5-8,13H,4,9-10,18H2,1-3H3/t13-/m1/s1. The molecule has 24 heavy (non-hydrogen) atoms. The normalized spacial score (nSPS) is 12.2. The van der Waals surface area contributed by atoms with Crippen molar-refractivity contribution in [1.82, 2.24) is 19.7 Å². The second kappa shape index (κ2) is 8.25. The van der Waals surface area contributed by atoms with Crippen LogP contribution in [0, 0.1) is 5.82 Å². The Morgan fingerprint density at radius 2 is 2.08 bits per heavy atom. The molecule has 0 unspecified atom stereocenters. The summed E-state index contributed by atoms with van der Waals surface area (Å²) in [6, 6.07) is 6.43. The molecule has 0 aliphatic heterocycles. The van der Waals surface area contributed by atoms with Crippen LogP contribution in [0.4, 0.5) is 4.39 Å². The zero-order chi connectivity index (χ0) is 17.7. The highest BCUT2D eigenvalue weighted by Crippen LogP contribution is 2.29. The van der Waals surface area contributed by atoms with Crippen LogP contribution in [0.25, 0.3) is 5.69 Å². The number of aromatic nitrogens is 3. The summed E-state index contributed by atoms with van der Waals surface area (Å²) >= 11 is 1.29. The average molecular weight is 351 g/mol. The number of hydrogen-bond acceptors (Lipinski definition) is 5. The number of carbonyl (C=O) groups excluding carboxylic acids is 1. The third kappa shape index (κ3) is 3.93. The largest absolute Gasteiger partial charge is 0.348 e. The minimum Gasteiger partial charge on any atom is -0.348 e. The molecule has 2 aromatic rings. The highest BCUT2D eigenvalue weighted by atomic mass is 32.2. The van der Waals surface area contributed by atoms with Crippen LogP contribution < -0.4 is 5.73 Å². The Morgan fingerprint density at radius 3 is 2.67 bits per heavy atom. The quantitative estimate of drug-likeness (QED) is 0.771. The second-order valence-electron chi connectivity index (χ2n) is 5.47. The molecule has 0 radical (unpaired) electrons. The fourth-order valence-electron chi connectivity index (χ4n) is 2.27. The Balaban J connectivity index is 2.44. The number of para-hydroxylation sites is 1. The maximum absolute atomic E-state index is 14.3. The van der Waals surface area contributed by atoms with E-state index < -0.39 is 0 Å². The van der Waals surface area contributed by atoms with Gasteiger partial charge in [0.2, 0.25) is 5.91 Å². The molecular weight excluding hydrogens is 329 g/mol. The van der Waals surface area contributed by atoms with E-state index in [9.17, 15) is 9.18 Å². The van der Waals surface area contributed by atoms with Gasteiger partial charge in [-0.2, -0.15) is 0 Å². The lowest BCUT2D eigenvalue weighted by Crippen LogP contribution is -2.31. The smallest absolute Gasteiger partial charge is 0.235 e. The summed E-state index contributed by atoms with van der Waals surface area (Å²) in [5.41, 5.74) is 5.99. The van der Waals surface area contributed by atoms with Crippen LogP contribution in [0.15, 0.2) is 29.4 Å². The van der Waals surface area contributed by atoms with Gasteiger partial charge in [0.05, 0.1) is 10.9 Å². The van der Waals surface area contributed by atoms with E-state index in [1.165, 1.54) is 17.8 Å². The number of nitrogens with zero attached hydrogens (tertiary/aromatic N) is 4. The number of rotatable bonds is 7. The molecule has 2 N–H and O–H groups in total. The van der Waals surface area contributed by atoms with E-state index in [0.29, 0.717) is 36.1 Å². The molecule has 0 aliphatic rings. The molecule has 0 bridgehead atoms. The van der Waals surface area contributed by atoms with E-state index in [0.717, 1.165) is 0 Å². The van der Waals surface area contributed by atoms with Crippen molar-refractivity contribution >= 4 is 17.7 Å². The summed E-state index contributed by atoms with van der Waals surface area (Å²) in [7, 11) is 3.43. The third-order valence-corrected chi connectivity index (χ3v) is 4.79. The summed E-state index contributed by atoms with van der Waals surface area (Å²) in [5.74, 6) is 0.201. The number of benzene rings is 1. The molecule has 130 valence electrons. The molecule has 0 fully saturated rings. The number of amides is 1. The molecule has 1 heterocycles. The highest BCUT2D eigenvalue weighted by molar-refractivity contribution is 8.00. The third-order valence-electron chi connectivity index (χ3n) is 3.50. The van der Waals surface area contributed by atoms with Crippen LogP contribution in [-0.2, 0) is 11.2 Å². The van der Waals surface area contributed by atoms with Gasteiger partial charge in [-0.05, 0) is 25.1 Å². The van der Waals surface area contributed by atoms with Gasteiger partial charge in [0.25, 0.3) is 0 Å². The predicted molar refractivity (Wildman–Crippen MR) is 92.7 cm³/mol. The van der Waals surface area contributed by atoms with Crippen LogP contribution >= 0.6 is 11.8 Å². The van der Waals surface area contributed by atoms with Crippen molar-refractivity contribution in [1.29, 1.82) is 0 Å². The average Bonchev–Trinajstić information content (AvgIpc) is 2.95. The van der Waals surface area contributed by atoms with E-state index >= 15 is 0 Å². The molecule has 1 aromatic carbocycles. The fraction of sp³-hybridized carbons (Fsp3) is 0.438. The minimum atomic E-state index is -0.371. The Kier molecular flexibility index (Phi) is 6.33. The maximum atomic E-state index is 14.3. The van der Waals surface area contributed by atoms with E-state index in [2.05, 4.69) is 10.2 Å². The lowest BCUT2D eigenvalue weighted by Gasteiger charge is -2.19. The van der Waals surface area contributed by atoms with Crippen LogP contribution in [0.1, 0.15) is 19.2 Å². The van der Waals surface area contributed by atoms with Crippen LogP contribution in [0.3, 0.4) is 0 Å². The first kappa shape index (κ1) is 18.4. The van der Waals surface area contributed by atoms with Gasteiger partial charge < -0.3 is 10.6 Å². The zero-order valence-electron chi connectivity index (χ0n) is 14.1. The van der Waals surface area contributed by atoms with Crippen molar-refractivity contribution in [2.24, 2.45) is 5.73 Å². The summed E-state index contributed by atoms with van der Waals surface area (Å²) in [6.45, 7) is 2.31. The molecule has 1 amide bonds. The van der Waals surface area contributed by atoms with E-state index in [1.54, 1.807) is 41.8 Å². The van der Waals surface area contributed by atoms with E-state index in [1.807, 2.05) is 6.92 Å². The molecule has 2 rings (SSSR count).